The number of hydrogen-bond donors (Lipinski definition) is 3. The van der Waals surface area contributed by atoms with Gasteiger partial charge in [-0.1, -0.05) is 0 Å². The van der Waals surface area contributed by atoms with Crippen molar-refractivity contribution in [3.63, 3.8) is 0 Å². The Bertz CT molecular complexity index is 492. The number of rotatable bonds is 3. The molecule has 0 bridgehead atoms. The van der Waals surface area contributed by atoms with Gasteiger partial charge >= 0.3 is 0 Å². The van der Waals surface area contributed by atoms with Crippen molar-refractivity contribution in [1.82, 2.24) is 25.3 Å². The summed E-state index contributed by atoms with van der Waals surface area (Å²) in [6, 6.07) is 0.316. The number of H-pyrrole nitrogens is 1. The zero-order valence-electron chi connectivity index (χ0n) is 9.31. The molecule has 17 heavy (non-hydrogen) atoms. The van der Waals surface area contributed by atoms with E-state index >= 15 is 0 Å². The Labute approximate surface area is 98.0 Å². The Morgan fingerprint density at radius 2 is 2.41 bits per heavy atom. The van der Waals surface area contributed by atoms with Crippen LogP contribution in [-0.4, -0.2) is 52.3 Å². The van der Waals surface area contributed by atoms with Gasteiger partial charge in [0, 0.05) is 19.1 Å². The van der Waals surface area contributed by atoms with Crippen LogP contribution in [0.5, 0.6) is 0 Å². The first-order valence-electron chi connectivity index (χ1n) is 5.62. The molecule has 90 valence electrons. The monoisotopic (exact) mass is 234 g/mol. The minimum atomic E-state index is 0.316. The lowest BCUT2D eigenvalue weighted by Gasteiger charge is -2.24. The summed E-state index contributed by atoms with van der Waals surface area (Å²) in [4.78, 5) is 15.4. The summed E-state index contributed by atoms with van der Waals surface area (Å²) >= 11 is 0. The average Bonchev–Trinajstić information content (AvgIpc) is 2.86. The summed E-state index contributed by atoms with van der Waals surface area (Å²) < 4.78 is 5.39. The molecule has 0 radical (unpaired) electrons. The number of nitrogens with zero attached hydrogens (tertiary/aromatic N) is 3. The Morgan fingerprint density at radius 3 is 3.29 bits per heavy atom. The van der Waals surface area contributed by atoms with Crippen molar-refractivity contribution in [1.29, 1.82) is 0 Å². The molecule has 0 amide bonds. The molecule has 0 spiro atoms. The molecule has 1 atom stereocenters. The summed E-state index contributed by atoms with van der Waals surface area (Å²) in [5, 5.41) is 6.65. The van der Waals surface area contributed by atoms with Crippen LogP contribution in [0.25, 0.3) is 11.2 Å². The summed E-state index contributed by atoms with van der Waals surface area (Å²) in [6.07, 6.45) is 3.13. The van der Waals surface area contributed by atoms with Gasteiger partial charge in [0.2, 0.25) is 0 Å². The largest absolute Gasteiger partial charge is 0.378 e. The Hall–Kier alpha value is -1.73. The molecule has 7 heteroatoms. The van der Waals surface area contributed by atoms with Crippen LogP contribution in [0, 0.1) is 0 Å². The number of aromatic amines is 1. The first-order valence-corrected chi connectivity index (χ1v) is 5.62. The standard InChI is InChI=1S/C10H14N6O/c1-2-17-4-7(11-1)3-12-9-8-10(14-5-13-8)16-6-15-9/h5-7,11H,1-4H2,(H2,12,13,14,15,16). The van der Waals surface area contributed by atoms with E-state index < -0.39 is 0 Å². The van der Waals surface area contributed by atoms with Gasteiger partial charge in [-0.15, -0.1) is 0 Å². The summed E-state index contributed by atoms with van der Waals surface area (Å²) in [5.41, 5.74) is 1.51. The van der Waals surface area contributed by atoms with Gasteiger partial charge in [-0.05, 0) is 0 Å². The molecule has 3 N–H and O–H groups in total. The van der Waals surface area contributed by atoms with E-state index in [9.17, 15) is 0 Å². The Balaban J connectivity index is 1.69. The number of morpholine rings is 1. The molecular weight excluding hydrogens is 220 g/mol. The van der Waals surface area contributed by atoms with E-state index in [0.29, 0.717) is 11.7 Å². The van der Waals surface area contributed by atoms with Crippen molar-refractivity contribution in [3.05, 3.63) is 12.7 Å². The maximum absolute atomic E-state index is 5.39. The van der Waals surface area contributed by atoms with Crippen LogP contribution in [0.4, 0.5) is 5.82 Å². The summed E-state index contributed by atoms with van der Waals surface area (Å²) in [5.74, 6) is 0.778. The zero-order chi connectivity index (χ0) is 11.5. The second-order valence-corrected chi connectivity index (χ2v) is 3.93. The van der Waals surface area contributed by atoms with Crippen LogP contribution in [-0.2, 0) is 4.74 Å². The van der Waals surface area contributed by atoms with Crippen molar-refractivity contribution < 1.29 is 4.74 Å². The minimum Gasteiger partial charge on any atom is -0.378 e. The van der Waals surface area contributed by atoms with Gasteiger partial charge in [-0.3, -0.25) is 0 Å². The van der Waals surface area contributed by atoms with Crippen LogP contribution in [0.2, 0.25) is 0 Å². The molecule has 0 aromatic carbocycles. The first-order chi connectivity index (χ1) is 8.43. The van der Waals surface area contributed by atoms with Crippen LogP contribution in [0.15, 0.2) is 12.7 Å². The van der Waals surface area contributed by atoms with Gasteiger partial charge in [0.1, 0.15) is 11.8 Å². The first kappa shape index (κ1) is 10.4. The molecule has 1 aliphatic rings. The van der Waals surface area contributed by atoms with Crippen molar-refractivity contribution in [2.45, 2.75) is 6.04 Å². The van der Waals surface area contributed by atoms with Gasteiger partial charge in [0.05, 0.1) is 19.5 Å². The summed E-state index contributed by atoms with van der Waals surface area (Å²) in [7, 11) is 0. The minimum absolute atomic E-state index is 0.316. The molecular formula is C10H14N6O. The quantitative estimate of drug-likeness (QED) is 0.679. The predicted molar refractivity (Wildman–Crippen MR) is 62.8 cm³/mol. The van der Waals surface area contributed by atoms with Gasteiger partial charge < -0.3 is 20.4 Å². The SMILES string of the molecule is c1nc(NCC2COCCN2)c2[nH]cnc2n1. The molecule has 1 fully saturated rings. The highest BCUT2D eigenvalue weighted by Gasteiger charge is 2.13. The van der Waals surface area contributed by atoms with E-state index in [1.165, 1.54) is 6.33 Å². The molecule has 3 heterocycles. The highest BCUT2D eigenvalue weighted by molar-refractivity contribution is 5.81. The predicted octanol–water partition coefficient (Wildman–Crippen LogP) is -0.247. The Morgan fingerprint density at radius 1 is 1.41 bits per heavy atom. The van der Waals surface area contributed by atoms with Crippen LogP contribution >= 0.6 is 0 Å². The average molecular weight is 234 g/mol. The third kappa shape index (κ3) is 2.20. The van der Waals surface area contributed by atoms with Crippen LogP contribution in [0.1, 0.15) is 0 Å². The third-order valence-corrected chi connectivity index (χ3v) is 2.74. The topological polar surface area (TPSA) is 87.8 Å². The van der Waals surface area contributed by atoms with Crippen molar-refractivity contribution in [3.8, 4) is 0 Å². The van der Waals surface area contributed by atoms with Crippen LogP contribution < -0.4 is 10.6 Å². The highest BCUT2D eigenvalue weighted by atomic mass is 16.5. The van der Waals surface area contributed by atoms with Crippen molar-refractivity contribution in [2.75, 3.05) is 31.6 Å². The highest BCUT2D eigenvalue weighted by Crippen LogP contribution is 2.14. The van der Waals surface area contributed by atoms with Gasteiger partial charge in [0.25, 0.3) is 0 Å². The second kappa shape index (κ2) is 4.64. The molecule has 2 aromatic rings. The van der Waals surface area contributed by atoms with Crippen LogP contribution in [0.3, 0.4) is 0 Å². The number of nitrogens with one attached hydrogen (secondary N) is 3. The third-order valence-electron chi connectivity index (χ3n) is 2.74. The van der Waals surface area contributed by atoms with Crippen molar-refractivity contribution in [2.24, 2.45) is 0 Å². The summed E-state index contributed by atoms with van der Waals surface area (Å²) in [6.45, 7) is 3.18. The fourth-order valence-corrected chi connectivity index (χ4v) is 1.87. The fourth-order valence-electron chi connectivity index (χ4n) is 1.87. The molecule has 1 saturated heterocycles. The van der Waals surface area contributed by atoms with E-state index in [1.54, 1.807) is 6.33 Å². The van der Waals surface area contributed by atoms with Gasteiger partial charge in [-0.25, -0.2) is 15.0 Å². The molecule has 3 rings (SSSR count). The van der Waals surface area contributed by atoms with E-state index in [0.717, 1.165) is 37.6 Å². The molecule has 7 nitrogen and oxygen atoms in total. The molecule has 1 aliphatic heterocycles. The maximum atomic E-state index is 5.39. The lowest BCUT2D eigenvalue weighted by molar-refractivity contribution is 0.0806. The van der Waals surface area contributed by atoms with Gasteiger partial charge in [-0.2, -0.15) is 0 Å². The van der Waals surface area contributed by atoms with E-state index in [-0.39, 0.29) is 0 Å². The Kier molecular flexibility index (Phi) is 2.85. The van der Waals surface area contributed by atoms with Crippen molar-refractivity contribution >= 4 is 17.0 Å². The lowest BCUT2D eigenvalue weighted by Crippen LogP contribution is -2.45. The number of ether oxygens (including phenoxy) is 1. The molecule has 0 saturated carbocycles. The van der Waals surface area contributed by atoms with E-state index in [2.05, 4.69) is 30.6 Å². The zero-order valence-corrected chi connectivity index (χ0v) is 9.31. The normalized spacial score (nSPS) is 20.6. The number of hydrogen-bond acceptors (Lipinski definition) is 6. The number of aromatic nitrogens is 4. The lowest BCUT2D eigenvalue weighted by atomic mass is 10.3. The molecule has 0 aliphatic carbocycles. The smallest absolute Gasteiger partial charge is 0.182 e. The number of anilines is 1. The van der Waals surface area contributed by atoms with E-state index in [4.69, 9.17) is 4.74 Å². The van der Waals surface area contributed by atoms with Gasteiger partial charge in [0.15, 0.2) is 11.5 Å². The molecule has 2 aromatic heterocycles. The number of fused-ring (bicyclic) bond motifs is 1. The second-order valence-electron chi connectivity index (χ2n) is 3.93. The number of imidazole rings is 1. The molecule has 1 unspecified atom stereocenters. The maximum Gasteiger partial charge on any atom is 0.182 e. The fraction of sp³-hybridized carbons (Fsp3) is 0.500. The van der Waals surface area contributed by atoms with E-state index in [1.807, 2.05) is 0 Å².